The molecule has 0 heterocycles. The molecule has 0 radical (unpaired) electrons. The first-order valence-corrected chi connectivity index (χ1v) is 7.75. The van der Waals surface area contributed by atoms with E-state index in [0.717, 1.165) is 25.7 Å². The first-order valence-electron chi connectivity index (χ1n) is 7.75. The molecule has 1 aromatic carbocycles. The van der Waals surface area contributed by atoms with Crippen LogP contribution in [0.15, 0.2) is 18.2 Å². The molecule has 1 aliphatic rings. The first-order chi connectivity index (χ1) is 9.80. The van der Waals surface area contributed by atoms with Crippen molar-refractivity contribution in [3.8, 4) is 0 Å². The van der Waals surface area contributed by atoms with E-state index in [2.05, 4.69) is 13.8 Å². The van der Waals surface area contributed by atoms with Gasteiger partial charge in [0.25, 0.3) is 0 Å². The lowest BCUT2D eigenvalue weighted by Gasteiger charge is -2.42. The van der Waals surface area contributed by atoms with Gasteiger partial charge >= 0.3 is 0 Å². The largest absolute Gasteiger partial charge is 0.367 e. The molecule has 1 aliphatic carbocycles. The van der Waals surface area contributed by atoms with Crippen molar-refractivity contribution in [2.45, 2.75) is 59.0 Å². The van der Waals surface area contributed by atoms with E-state index in [1.807, 2.05) is 6.92 Å². The van der Waals surface area contributed by atoms with Crippen LogP contribution in [0.5, 0.6) is 0 Å². The average Bonchev–Trinajstić information content (AvgIpc) is 2.41. The molecule has 1 aromatic rings. The molecule has 1 saturated carbocycles. The Morgan fingerprint density at radius 1 is 1.24 bits per heavy atom. The second-order valence-electron chi connectivity index (χ2n) is 6.88. The van der Waals surface area contributed by atoms with Crippen LogP contribution in [-0.2, 0) is 4.74 Å². The number of carbonyl (C=O) groups excluding carboxylic acids is 1. The van der Waals surface area contributed by atoms with Crippen molar-refractivity contribution in [3.63, 3.8) is 0 Å². The van der Waals surface area contributed by atoms with Crippen molar-refractivity contribution < 1.29 is 13.9 Å². The Kier molecular flexibility index (Phi) is 4.52. The van der Waals surface area contributed by atoms with Crippen molar-refractivity contribution in [1.82, 2.24) is 0 Å². The number of ketones is 1. The fourth-order valence-corrected chi connectivity index (χ4v) is 3.17. The van der Waals surface area contributed by atoms with E-state index in [9.17, 15) is 9.18 Å². The molecule has 0 aliphatic heterocycles. The molecule has 0 amide bonds. The third-order valence-electron chi connectivity index (χ3n) is 4.68. The van der Waals surface area contributed by atoms with E-state index in [0.29, 0.717) is 17.7 Å². The van der Waals surface area contributed by atoms with E-state index in [1.54, 1.807) is 13.0 Å². The predicted octanol–water partition coefficient (Wildman–Crippen LogP) is 4.69. The normalized spacial score (nSPS) is 20.2. The second kappa shape index (κ2) is 5.88. The van der Waals surface area contributed by atoms with Gasteiger partial charge in [0.2, 0.25) is 0 Å². The topological polar surface area (TPSA) is 26.3 Å². The molecule has 0 saturated heterocycles. The Bertz CT molecular complexity index is 524. The molecular formula is C18H25FO2. The molecule has 1 fully saturated rings. The summed E-state index contributed by atoms with van der Waals surface area (Å²) in [6.45, 7) is 8.69. The van der Waals surface area contributed by atoms with Crippen LogP contribution in [0.2, 0.25) is 0 Å². The van der Waals surface area contributed by atoms with Gasteiger partial charge in [-0.15, -0.1) is 0 Å². The van der Waals surface area contributed by atoms with Gasteiger partial charge in [-0.25, -0.2) is 4.39 Å². The summed E-state index contributed by atoms with van der Waals surface area (Å²) in [4.78, 5) is 13.0. The van der Waals surface area contributed by atoms with Crippen LogP contribution < -0.4 is 0 Å². The number of ether oxygens (including phenoxy) is 1. The van der Waals surface area contributed by atoms with Crippen molar-refractivity contribution in [2.75, 3.05) is 6.61 Å². The Morgan fingerprint density at radius 3 is 2.38 bits per heavy atom. The van der Waals surface area contributed by atoms with Crippen LogP contribution in [0.1, 0.15) is 62.4 Å². The third kappa shape index (κ3) is 3.34. The van der Waals surface area contributed by atoms with Crippen molar-refractivity contribution in [1.29, 1.82) is 0 Å². The van der Waals surface area contributed by atoms with Gasteiger partial charge in [-0.1, -0.05) is 13.8 Å². The molecule has 116 valence electrons. The van der Waals surface area contributed by atoms with Gasteiger partial charge in [0.05, 0.1) is 0 Å². The lowest BCUT2D eigenvalue weighted by molar-refractivity contribution is -0.0580. The number of carbonyl (C=O) groups is 1. The van der Waals surface area contributed by atoms with Gasteiger partial charge in [0, 0.05) is 12.2 Å². The van der Waals surface area contributed by atoms with Crippen molar-refractivity contribution in [3.05, 3.63) is 35.1 Å². The second-order valence-corrected chi connectivity index (χ2v) is 6.88. The van der Waals surface area contributed by atoms with Crippen LogP contribution in [-0.4, -0.2) is 18.0 Å². The molecule has 3 heteroatoms. The highest BCUT2D eigenvalue weighted by Crippen LogP contribution is 2.43. The maximum Gasteiger partial charge on any atom is 0.194 e. The zero-order chi connectivity index (χ0) is 15.7. The highest BCUT2D eigenvalue weighted by molar-refractivity contribution is 6.03. The Hall–Kier alpha value is -1.22. The molecule has 0 N–H and O–H groups in total. The fourth-order valence-electron chi connectivity index (χ4n) is 3.17. The smallest absolute Gasteiger partial charge is 0.194 e. The number of hydrogen-bond donors (Lipinski definition) is 0. The van der Waals surface area contributed by atoms with Gasteiger partial charge < -0.3 is 4.74 Å². The molecule has 0 unspecified atom stereocenters. The van der Waals surface area contributed by atoms with E-state index in [-0.39, 0.29) is 17.0 Å². The van der Waals surface area contributed by atoms with Crippen molar-refractivity contribution >= 4 is 5.78 Å². The zero-order valence-corrected chi connectivity index (χ0v) is 13.5. The third-order valence-corrected chi connectivity index (χ3v) is 4.68. The van der Waals surface area contributed by atoms with Crippen LogP contribution in [0, 0.1) is 18.2 Å². The van der Waals surface area contributed by atoms with E-state index < -0.39 is 5.60 Å². The number of halogens is 1. The van der Waals surface area contributed by atoms with Crippen molar-refractivity contribution in [2.24, 2.45) is 5.41 Å². The highest BCUT2D eigenvalue weighted by atomic mass is 19.1. The Morgan fingerprint density at radius 2 is 1.86 bits per heavy atom. The quantitative estimate of drug-likeness (QED) is 0.752. The molecule has 21 heavy (non-hydrogen) atoms. The van der Waals surface area contributed by atoms with Gasteiger partial charge in [-0.3, -0.25) is 4.79 Å². The summed E-state index contributed by atoms with van der Waals surface area (Å²) in [6, 6.07) is 4.36. The maximum absolute atomic E-state index is 13.3. The molecule has 2 rings (SSSR count). The van der Waals surface area contributed by atoms with Gasteiger partial charge in [0.1, 0.15) is 11.4 Å². The van der Waals surface area contributed by atoms with Crippen LogP contribution in [0.25, 0.3) is 0 Å². The summed E-state index contributed by atoms with van der Waals surface area (Å²) >= 11 is 0. The number of rotatable bonds is 4. The highest BCUT2D eigenvalue weighted by Gasteiger charge is 2.45. The van der Waals surface area contributed by atoms with Gasteiger partial charge in [0.15, 0.2) is 5.78 Å². The number of Topliss-reactive ketones (excluding diaryl/α,β-unsaturated/α-hetero) is 1. The number of hydrogen-bond acceptors (Lipinski definition) is 2. The maximum atomic E-state index is 13.3. The fraction of sp³-hybridized carbons (Fsp3) is 0.611. The summed E-state index contributed by atoms with van der Waals surface area (Å²) < 4.78 is 19.2. The Balaban J connectivity index is 2.32. The minimum absolute atomic E-state index is 0.0114. The molecule has 0 atom stereocenters. The minimum Gasteiger partial charge on any atom is -0.367 e. The monoisotopic (exact) mass is 292 g/mol. The zero-order valence-electron chi connectivity index (χ0n) is 13.5. The SMILES string of the molecule is CCOC1(C(=O)c2ccc(F)cc2C)CCC(C)(C)CC1. The number of aryl methyl sites for hydroxylation is 1. The average molecular weight is 292 g/mol. The van der Waals surface area contributed by atoms with Gasteiger partial charge in [-0.05, 0) is 68.7 Å². The lowest BCUT2D eigenvalue weighted by atomic mass is 9.68. The minimum atomic E-state index is -0.729. The Labute approximate surface area is 126 Å². The van der Waals surface area contributed by atoms with Crippen LogP contribution in [0.3, 0.4) is 0 Å². The molecular weight excluding hydrogens is 267 g/mol. The molecule has 0 aromatic heterocycles. The van der Waals surface area contributed by atoms with E-state index in [4.69, 9.17) is 4.74 Å². The van der Waals surface area contributed by atoms with Crippen LogP contribution in [0.4, 0.5) is 4.39 Å². The van der Waals surface area contributed by atoms with E-state index in [1.165, 1.54) is 12.1 Å². The summed E-state index contributed by atoms with van der Waals surface area (Å²) in [5.74, 6) is -0.295. The molecule has 2 nitrogen and oxygen atoms in total. The first kappa shape index (κ1) is 16.2. The summed E-state index contributed by atoms with van der Waals surface area (Å²) in [7, 11) is 0. The summed E-state index contributed by atoms with van der Waals surface area (Å²) in [5.41, 5.74) is 0.805. The number of benzene rings is 1. The van der Waals surface area contributed by atoms with Gasteiger partial charge in [-0.2, -0.15) is 0 Å². The summed E-state index contributed by atoms with van der Waals surface area (Å²) in [5, 5.41) is 0. The lowest BCUT2D eigenvalue weighted by Crippen LogP contribution is -2.46. The predicted molar refractivity (Wildman–Crippen MR) is 82.1 cm³/mol. The molecule has 0 spiro atoms. The summed E-state index contributed by atoms with van der Waals surface area (Å²) in [6.07, 6.45) is 3.42. The standard InChI is InChI=1S/C18H25FO2/c1-5-21-18(10-8-17(3,4)9-11-18)16(20)15-7-6-14(19)12-13(15)2/h6-7,12H,5,8-11H2,1-4H3. The molecule has 0 bridgehead atoms. The van der Waals surface area contributed by atoms with E-state index >= 15 is 0 Å². The van der Waals surface area contributed by atoms with Crippen LogP contribution >= 0.6 is 0 Å².